The van der Waals surface area contributed by atoms with Crippen molar-refractivity contribution in [2.45, 2.75) is 29.9 Å². The first-order valence-corrected chi connectivity index (χ1v) is 8.88. The fourth-order valence-electron chi connectivity index (χ4n) is 2.85. The molecule has 0 spiro atoms. The second kappa shape index (κ2) is 7.48. The van der Waals surface area contributed by atoms with Crippen molar-refractivity contribution in [1.29, 1.82) is 0 Å². The fourth-order valence-corrected chi connectivity index (χ4v) is 4.68. The fraction of sp³-hybridized carbons (Fsp3) is 0.600. The molecule has 7 nitrogen and oxygen atoms in total. The highest BCUT2D eigenvalue weighted by Crippen LogP contribution is 2.33. The summed E-state index contributed by atoms with van der Waals surface area (Å²) in [5.74, 6) is 0.746. The second-order valence-corrected chi connectivity index (χ2v) is 7.26. The number of nitrogens with zero attached hydrogens (tertiary/aromatic N) is 1. The number of piperidine rings is 1. The third-order valence-corrected chi connectivity index (χ3v) is 6.15. The molecule has 0 bridgehead atoms. The molecular weight excluding hydrogens is 320 g/mol. The summed E-state index contributed by atoms with van der Waals surface area (Å²) in [7, 11) is 0.829. The largest absolute Gasteiger partial charge is 0.497 e. The summed E-state index contributed by atoms with van der Waals surface area (Å²) in [5, 5.41) is 0. The van der Waals surface area contributed by atoms with Crippen LogP contribution in [0.5, 0.6) is 11.5 Å². The maximum absolute atomic E-state index is 13.1. The van der Waals surface area contributed by atoms with Gasteiger partial charge in [-0.1, -0.05) is 0 Å². The Kier molecular flexibility index (Phi) is 5.85. The Morgan fingerprint density at radius 1 is 1.26 bits per heavy atom. The van der Waals surface area contributed by atoms with E-state index in [9.17, 15) is 8.42 Å². The van der Waals surface area contributed by atoms with Crippen molar-refractivity contribution in [2.24, 2.45) is 5.73 Å². The van der Waals surface area contributed by atoms with Crippen LogP contribution in [0, 0.1) is 0 Å². The van der Waals surface area contributed by atoms with Crippen LogP contribution in [0.3, 0.4) is 0 Å². The number of benzene rings is 1. The molecule has 2 atom stereocenters. The highest BCUT2D eigenvalue weighted by molar-refractivity contribution is 7.89. The van der Waals surface area contributed by atoms with Crippen LogP contribution in [0.2, 0.25) is 0 Å². The summed E-state index contributed by atoms with van der Waals surface area (Å²) in [5.41, 5.74) is 5.79. The van der Waals surface area contributed by atoms with Crippen molar-refractivity contribution in [3.05, 3.63) is 18.2 Å². The van der Waals surface area contributed by atoms with E-state index in [1.807, 2.05) is 0 Å². The first-order chi connectivity index (χ1) is 11.0. The molecule has 0 aromatic heterocycles. The van der Waals surface area contributed by atoms with Gasteiger partial charge in [0.05, 0.1) is 20.3 Å². The molecule has 0 amide bonds. The molecule has 2 rings (SSSR count). The third-order valence-electron chi connectivity index (χ3n) is 4.18. The lowest BCUT2D eigenvalue weighted by Crippen LogP contribution is -2.51. The Labute approximate surface area is 137 Å². The zero-order valence-corrected chi connectivity index (χ0v) is 14.5. The van der Waals surface area contributed by atoms with Crippen LogP contribution >= 0.6 is 0 Å². The lowest BCUT2D eigenvalue weighted by atomic mass is 10.0. The minimum atomic E-state index is -3.74. The van der Waals surface area contributed by atoms with E-state index in [1.54, 1.807) is 19.2 Å². The molecule has 1 aliphatic heterocycles. The lowest BCUT2D eigenvalue weighted by Gasteiger charge is -2.37. The van der Waals surface area contributed by atoms with Gasteiger partial charge in [-0.15, -0.1) is 0 Å². The van der Waals surface area contributed by atoms with Gasteiger partial charge in [0.2, 0.25) is 10.0 Å². The van der Waals surface area contributed by atoms with Gasteiger partial charge < -0.3 is 19.9 Å². The quantitative estimate of drug-likeness (QED) is 0.822. The Morgan fingerprint density at radius 3 is 2.57 bits per heavy atom. The normalized spacial score (nSPS) is 22.8. The van der Waals surface area contributed by atoms with E-state index in [1.165, 1.54) is 24.6 Å². The van der Waals surface area contributed by atoms with Crippen molar-refractivity contribution < 1.29 is 22.6 Å². The molecule has 0 saturated carbocycles. The van der Waals surface area contributed by atoms with Crippen LogP contribution in [0.4, 0.5) is 0 Å². The molecule has 130 valence electrons. The zero-order valence-electron chi connectivity index (χ0n) is 13.7. The molecule has 0 radical (unpaired) electrons. The summed E-state index contributed by atoms with van der Waals surface area (Å²) in [6, 6.07) is 4.43. The van der Waals surface area contributed by atoms with Gasteiger partial charge in [0.15, 0.2) is 0 Å². The van der Waals surface area contributed by atoms with E-state index in [0.717, 1.165) is 0 Å². The predicted octanol–water partition coefficient (Wildman–Crippen LogP) is 0.831. The number of hydrogen-bond acceptors (Lipinski definition) is 6. The second-order valence-electron chi connectivity index (χ2n) is 5.40. The summed E-state index contributed by atoms with van der Waals surface area (Å²) < 4.78 is 43.3. The number of hydrogen-bond donors (Lipinski definition) is 1. The summed E-state index contributed by atoms with van der Waals surface area (Å²) >= 11 is 0. The van der Waals surface area contributed by atoms with Crippen LogP contribution in [-0.2, 0) is 14.8 Å². The standard InChI is InChI=1S/C15H24N2O5S/c1-20-12-4-5-14(22-3)15(9-12)23(18,19)17-7-6-13(21-2)8-11(17)10-16/h4-5,9,11,13H,6-8,10,16H2,1-3H3. The topological polar surface area (TPSA) is 91.1 Å². The maximum atomic E-state index is 13.1. The van der Waals surface area contributed by atoms with Crippen LogP contribution in [0.25, 0.3) is 0 Å². The van der Waals surface area contributed by atoms with Crippen LogP contribution in [-0.4, -0.2) is 59.3 Å². The molecule has 23 heavy (non-hydrogen) atoms. The number of methoxy groups -OCH3 is 3. The minimum Gasteiger partial charge on any atom is -0.497 e. The molecule has 1 aromatic rings. The van der Waals surface area contributed by atoms with Crippen molar-refractivity contribution in [2.75, 3.05) is 34.4 Å². The maximum Gasteiger partial charge on any atom is 0.247 e. The van der Waals surface area contributed by atoms with E-state index < -0.39 is 10.0 Å². The third kappa shape index (κ3) is 3.60. The van der Waals surface area contributed by atoms with Crippen LogP contribution < -0.4 is 15.2 Å². The smallest absolute Gasteiger partial charge is 0.247 e. The predicted molar refractivity (Wildman–Crippen MR) is 86.3 cm³/mol. The Balaban J connectivity index is 2.41. The van der Waals surface area contributed by atoms with Gasteiger partial charge in [-0.05, 0) is 25.0 Å². The highest BCUT2D eigenvalue weighted by Gasteiger charge is 2.37. The van der Waals surface area contributed by atoms with Gasteiger partial charge in [-0.3, -0.25) is 0 Å². The van der Waals surface area contributed by atoms with Crippen molar-refractivity contribution in [1.82, 2.24) is 4.31 Å². The van der Waals surface area contributed by atoms with Crippen LogP contribution in [0.15, 0.2) is 23.1 Å². The molecule has 2 N–H and O–H groups in total. The molecular formula is C15H24N2O5S. The Bertz CT molecular complexity index is 635. The van der Waals surface area contributed by atoms with E-state index in [4.69, 9.17) is 19.9 Å². The number of sulfonamides is 1. The Hall–Kier alpha value is -1.35. The molecule has 0 aliphatic carbocycles. The van der Waals surface area contributed by atoms with Gasteiger partial charge in [0.25, 0.3) is 0 Å². The molecule has 2 unspecified atom stereocenters. The van der Waals surface area contributed by atoms with Gasteiger partial charge in [0, 0.05) is 32.3 Å². The first kappa shape index (κ1) is 18.0. The molecule has 1 aliphatic rings. The monoisotopic (exact) mass is 344 g/mol. The van der Waals surface area contributed by atoms with E-state index in [-0.39, 0.29) is 29.3 Å². The van der Waals surface area contributed by atoms with Gasteiger partial charge >= 0.3 is 0 Å². The molecule has 1 saturated heterocycles. The summed E-state index contributed by atoms with van der Waals surface area (Å²) in [4.78, 5) is 0.0914. The van der Waals surface area contributed by atoms with Crippen LogP contribution in [0.1, 0.15) is 12.8 Å². The summed E-state index contributed by atoms with van der Waals surface area (Å²) in [6.07, 6.45) is 1.25. The average Bonchev–Trinajstić information content (AvgIpc) is 2.60. The van der Waals surface area contributed by atoms with E-state index >= 15 is 0 Å². The minimum absolute atomic E-state index is 0.0298. The average molecular weight is 344 g/mol. The highest BCUT2D eigenvalue weighted by atomic mass is 32.2. The number of rotatable bonds is 6. The van der Waals surface area contributed by atoms with Crippen molar-refractivity contribution in [3.63, 3.8) is 0 Å². The van der Waals surface area contributed by atoms with Crippen molar-refractivity contribution >= 4 is 10.0 Å². The molecule has 8 heteroatoms. The zero-order chi connectivity index (χ0) is 17.0. The van der Waals surface area contributed by atoms with Gasteiger partial charge in [0.1, 0.15) is 16.4 Å². The van der Waals surface area contributed by atoms with Crippen molar-refractivity contribution in [3.8, 4) is 11.5 Å². The van der Waals surface area contributed by atoms with Gasteiger partial charge in [-0.25, -0.2) is 8.42 Å². The number of ether oxygens (including phenoxy) is 3. The lowest BCUT2D eigenvalue weighted by molar-refractivity contribution is 0.0401. The SMILES string of the molecule is COc1ccc(OC)c(S(=O)(=O)N2CCC(OC)CC2CN)c1. The van der Waals surface area contributed by atoms with E-state index in [2.05, 4.69) is 0 Å². The first-order valence-electron chi connectivity index (χ1n) is 7.44. The number of nitrogens with two attached hydrogens (primary N) is 1. The molecule has 1 heterocycles. The summed E-state index contributed by atoms with van der Waals surface area (Å²) in [6.45, 7) is 0.606. The van der Waals surface area contributed by atoms with Gasteiger partial charge in [-0.2, -0.15) is 4.31 Å². The molecule has 1 fully saturated rings. The Morgan fingerprint density at radius 2 is 2.00 bits per heavy atom. The molecule has 1 aromatic carbocycles. The van der Waals surface area contributed by atoms with E-state index in [0.29, 0.717) is 25.1 Å².